The van der Waals surface area contributed by atoms with Crippen LogP contribution in [0.15, 0.2) is 35.2 Å². The summed E-state index contributed by atoms with van der Waals surface area (Å²) < 4.78 is 26.9. The number of thioether (sulfide) groups is 1. The number of nitrogens with one attached hydrogen (secondary N) is 1. The van der Waals surface area contributed by atoms with Gasteiger partial charge in [-0.2, -0.15) is 5.43 Å². The first-order valence-corrected chi connectivity index (χ1v) is 10.9. The number of esters is 1. The minimum absolute atomic E-state index is 0.233. The van der Waals surface area contributed by atoms with Crippen LogP contribution < -0.4 is 24.4 Å². The maximum atomic E-state index is 13.1. The molecule has 1 fully saturated rings. The molecular weight excluding hydrogens is 468 g/mol. The first-order valence-electron chi connectivity index (χ1n) is 9.63. The fraction of sp³-hybridized carbons (Fsp3) is 0.227. The van der Waals surface area contributed by atoms with Crippen molar-refractivity contribution in [2.75, 3.05) is 28.4 Å². The molecule has 11 heteroatoms. The van der Waals surface area contributed by atoms with Crippen LogP contribution in [-0.2, 0) is 9.53 Å². The van der Waals surface area contributed by atoms with E-state index in [-0.39, 0.29) is 21.5 Å². The van der Waals surface area contributed by atoms with E-state index >= 15 is 0 Å². The van der Waals surface area contributed by atoms with Gasteiger partial charge in [0.1, 0.15) is 17.1 Å². The van der Waals surface area contributed by atoms with Gasteiger partial charge in [-0.05, 0) is 36.4 Å². The van der Waals surface area contributed by atoms with Crippen molar-refractivity contribution in [3.63, 3.8) is 0 Å². The highest BCUT2D eigenvalue weighted by Gasteiger charge is 2.40. The largest absolute Gasteiger partial charge is 0.497 e. The molecule has 2 aromatic carbocycles. The van der Waals surface area contributed by atoms with Crippen molar-refractivity contribution in [2.45, 2.75) is 6.23 Å². The van der Waals surface area contributed by atoms with Gasteiger partial charge in [-0.15, -0.1) is 0 Å². The van der Waals surface area contributed by atoms with Gasteiger partial charge in [-0.25, -0.2) is 9.80 Å². The highest BCUT2D eigenvalue weighted by molar-refractivity contribution is 8.26. The van der Waals surface area contributed by atoms with E-state index in [1.807, 2.05) is 0 Å². The minimum Gasteiger partial charge on any atom is -0.497 e. The molecule has 0 bridgehead atoms. The van der Waals surface area contributed by atoms with Crippen molar-refractivity contribution in [3.05, 3.63) is 51.9 Å². The van der Waals surface area contributed by atoms with E-state index in [1.54, 1.807) is 50.6 Å². The van der Waals surface area contributed by atoms with Crippen LogP contribution >= 0.6 is 24.0 Å². The maximum absolute atomic E-state index is 13.1. The second-order valence-corrected chi connectivity index (χ2v) is 8.48. The van der Waals surface area contributed by atoms with Crippen LogP contribution in [0, 0.1) is 0 Å². The number of carbonyl (C=O) groups excluding carboxylic acids is 2. The van der Waals surface area contributed by atoms with E-state index in [4.69, 9.17) is 35.9 Å². The van der Waals surface area contributed by atoms with Crippen LogP contribution in [0.1, 0.15) is 27.7 Å². The molecule has 2 aromatic rings. The monoisotopic (exact) mass is 488 g/mol. The lowest BCUT2D eigenvalue weighted by atomic mass is 10.1. The van der Waals surface area contributed by atoms with Gasteiger partial charge in [0.05, 0.1) is 33.3 Å². The predicted molar refractivity (Wildman–Crippen MR) is 125 cm³/mol. The number of carbonyl (C=O) groups is 2. The van der Waals surface area contributed by atoms with Crippen LogP contribution in [0.25, 0.3) is 6.08 Å². The number of amides is 1. The van der Waals surface area contributed by atoms with Gasteiger partial charge in [-0.1, -0.05) is 24.0 Å². The van der Waals surface area contributed by atoms with Gasteiger partial charge in [-0.3, -0.25) is 4.79 Å². The molecule has 0 spiro atoms. The van der Waals surface area contributed by atoms with Gasteiger partial charge in [0, 0.05) is 11.1 Å². The molecule has 0 radical (unpaired) electrons. The molecule has 2 aliphatic heterocycles. The number of hydrazine groups is 1. The average molecular weight is 489 g/mol. The SMILES string of the molecule is COc1ccc(OC)c(/C=C2\SC(=S)N(NC3OC(=O)c4c3ccc(OC)c4OC)C2=O)c1. The summed E-state index contributed by atoms with van der Waals surface area (Å²) in [5.74, 6) is 0.873. The first-order chi connectivity index (χ1) is 15.9. The lowest BCUT2D eigenvalue weighted by molar-refractivity contribution is -0.126. The number of benzene rings is 2. The zero-order valence-electron chi connectivity index (χ0n) is 18.2. The van der Waals surface area contributed by atoms with Gasteiger partial charge in [0.25, 0.3) is 5.91 Å². The minimum atomic E-state index is -0.930. The number of cyclic esters (lactones) is 1. The van der Waals surface area contributed by atoms with Crippen LogP contribution in [0.5, 0.6) is 23.0 Å². The normalized spacial score (nSPS) is 18.4. The highest BCUT2D eigenvalue weighted by Crippen LogP contribution is 2.42. The van der Waals surface area contributed by atoms with E-state index in [2.05, 4.69) is 5.43 Å². The Morgan fingerprint density at radius 3 is 2.42 bits per heavy atom. The van der Waals surface area contributed by atoms with Crippen molar-refractivity contribution in [2.24, 2.45) is 0 Å². The van der Waals surface area contributed by atoms with Crippen LogP contribution in [0.3, 0.4) is 0 Å². The van der Waals surface area contributed by atoms with Gasteiger partial charge in [0.15, 0.2) is 22.0 Å². The Hall–Kier alpha value is -3.28. The number of hydrogen-bond acceptors (Lipinski definition) is 10. The summed E-state index contributed by atoms with van der Waals surface area (Å²) in [7, 11) is 6.01. The van der Waals surface area contributed by atoms with Gasteiger partial charge >= 0.3 is 5.97 Å². The molecule has 2 aliphatic rings. The summed E-state index contributed by atoms with van der Waals surface area (Å²) in [5, 5.41) is 1.18. The predicted octanol–water partition coefficient (Wildman–Crippen LogP) is 3.30. The molecule has 0 aliphatic carbocycles. The first kappa shape index (κ1) is 22.9. The smallest absolute Gasteiger partial charge is 0.344 e. The summed E-state index contributed by atoms with van der Waals surface area (Å²) in [6.07, 6.45) is 0.741. The maximum Gasteiger partial charge on any atom is 0.344 e. The highest BCUT2D eigenvalue weighted by atomic mass is 32.2. The Labute approximate surface area is 199 Å². The van der Waals surface area contributed by atoms with Crippen molar-refractivity contribution in [3.8, 4) is 23.0 Å². The number of ether oxygens (including phenoxy) is 5. The third-order valence-electron chi connectivity index (χ3n) is 5.05. The molecule has 4 rings (SSSR count). The van der Waals surface area contributed by atoms with Gasteiger partial charge < -0.3 is 23.7 Å². The van der Waals surface area contributed by atoms with Crippen molar-refractivity contribution in [1.82, 2.24) is 10.4 Å². The molecule has 33 heavy (non-hydrogen) atoms. The number of fused-ring (bicyclic) bond motifs is 1. The third-order valence-corrected chi connectivity index (χ3v) is 6.36. The van der Waals surface area contributed by atoms with Crippen molar-refractivity contribution < 1.29 is 33.3 Å². The van der Waals surface area contributed by atoms with E-state index < -0.39 is 12.2 Å². The molecule has 1 N–H and O–H groups in total. The summed E-state index contributed by atoms with van der Waals surface area (Å²) in [5.41, 5.74) is 4.30. The molecule has 1 unspecified atom stereocenters. The molecule has 9 nitrogen and oxygen atoms in total. The lowest BCUT2D eigenvalue weighted by Gasteiger charge is -2.21. The Morgan fingerprint density at radius 2 is 1.76 bits per heavy atom. The summed E-state index contributed by atoms with van der Waals surface area (Å²) in [6.45, 7) is 0. The molecular formula is C22H20N2O7S2. The quantitative estimate of drug-likeness (QED) is 0.355. The standard InChI is InChI=1S/C22H20N2O7S2/c1-27-12-5-7-14(28-2)11(9-12)10-16-20(25)24(22(32)33-16)23-19-13-6-8-15(29-3)18(30-4)17(13)21(26)31-19/h5-10,19,23H,1-4H3/b16-10-. The molecule has 0 aromatic heterocycles. The molecule has 1 amide bonds. The number of thiocarbonyl (C=S) groups is 1. The van der Waals surface area contributed by atoms with Crippen molar-refractivity contribution >= 4 is 46.3 Å². The number of methoxy groups -OCH3 is 4. The van der Waals surface area contributed by atoms with Crippen LogP contribution in [0.4, 0.5) is 0 Å². The second-order valence-electron chi connectivity index (χ2n) is 6.80. The zero-order chi connectivity index (χ0) is 23.7. The van der Waals surface area contributed by atoms with Crippen molar-refractivity contribution in [1.29, 1.82) is 0 Å². The summed E-state index contributed by atoms with van der Waals surface area (Å²) >= 11 is 6.51. The van der Waals surface area contributed by atoms with E-state index in [0.29, 0.717) is 33.3 Å². The Balaban J connectivity index is 1.61. The summed E-state index contributed by atoms with van der Waals surface area (Å²) in [6, 6.07) is 8.60. The number of rotatable bonds is 7. The third kappa shape index (κ3) is 4.10. The lowest BCUT2D eigenvalue weighted by Crippen LogP contribution is -2.43. The topological polar surface area (TPSA) is 95.6 Å². The Morgan fingerprint density at radius 1 is 1.03 bits per heavy atom. The second kappa shape index (κ2) is 9.30. The molecule has 1 atom stereocenters. The number of nitrogens with zero attached hydrogens (tertiary/aromatic N) is 1. The van der Waals surface area contributed by atoms with E-state index in [0.717, 1.165) is 11.8 Å². The average Bonchev–Trinajstić information content (AvgIpc) is 3.28. The van der Waals surface area contributed by atoms with Crippen LogP contribution in [0.2, 0.25) is 0 Å². The fourth-order valence-corrected chi connectivity index (χ4v) is 4.67. The number of hydrogen-bond donors (Lipinski definition) is 1. The van der Waals surface area contributed by atoms with E-state index in [1.165, 1.54) is 19.2 Å². The van der Waals surface area contributed by atoms with E-state index in [9.17, 15) is 9.59 Å². The fourth-order valence-electron chi connectivity index (χ4n) is 3.49. The molecule has 2 heterocycles. The molecule has 172 valence electrons. The summed E-state index contributed by atoms with van der Waals surface area (Å²) in [4.78, 5) is 26.0. The van der Waals surface area contributed by atoms with Crippen LogP contribution in [-0.4, -0.2) is 49.6 Å². The Bertz CT molecular complexity index is 1180. The molecule has 0 saturated carbocycles. The van der Waals surface area contributed by atoms with Gasteiger partial charge in [0.2, 0.25) is 0 Å². The Kier molecular flexibility index (Phi) is 6.45. The zero-order valence-corrected chi connectivity index (χ0v) is 19.8. The molecule has 1 saturated heterocycles.